The van der Waals surface area contributed by atoms with Crippen molar-refractivity contribution in [1.82, 2.24) is 4.90 Å². The van der Waals surface area contributed by atoms with E-state index in [9.17, 15) is 14.7 Å². The molecule has 0 aromatic heterocycles. The first-order valence-electron chi connectivity index (χ1n) is 9.04. The van der Waals surface area contributed by atoms with E-state index < -0.39 is 5.43 Å². The molecule has 1 aliphatic rings. The van der Waals surface area contributed by atoms with Crippen LogP contribution in [0.2, 0.25) is 0 Å². The zero-order valence-electron chi connectivity index (χ0n) is 15.5. The largest absolute Gasteiger partial charge is 0.449 e. The normalized spacial score (nSPS) is 13.9. The molecule has 0 spiro atoms. The monoisotopic (exact) mass is 405 g/mol. The molecule has 2 aromatic carbocycles. The number of hydrogen-bond donors (Lipinski definition) is 1. The average Bonchev–Trinajstić information content (AvgIpc) is 2.73. The fraction of sp³-hybridized carbons (Fsp3) is 0.333. The number of benzene rings is 2. The molecule has 1 fully saturated rings. The second-order valence-electron chi connectivity index (χ2n) is 6.27. The molecule has 1 saturated heterocycles. The summed E-state index contributed by atoms with van der Waals surface area (Å²) < 4.78 is 9.76. The van der Waals surface area contributed by atoms with Crippen molar-refractivity contribution in [2.75, 3.05) is 13.1 Å². The van der Waals surface area contributed by atoms with E-state index in [1.54, 1.807) is 4.90 Å². The maximum atomic E-state index is 11.7. The van der Waals surface area contributed by atoms with Crippen LogP contribution < -0.4 is 0 Å². The lowest BCUT2D eigenvalue weighted by atomic mass is 10.1. The summed E-state index contributed by atoms with van der Waals surface area (Å²) >= 11 is 4.97. The van der Waals surface area contributed by atoms with Crippen molar-refractivity contribution in [2.45, 2.75) is 32.2 Å². The molecule has 28 heavy (non-hydrogen) atoms. The first-order chi connectivity index (χ1) is 13.5. The predicted molar refractivity (Wildman–Crippen MR) is 106 cm³/mol. The summed E-state index contributed by atoms with van der Waals surface area (Å²) in [5, 5.41) is 9.34. The van der Waals surface area contributed by atoms with Crippen molar-refractivity contribution in [1.29, 1.82) is 0 Å². The third-order valence-electron chi connectivity index (χ3n) is 4.12. The van der Waals surface area contributed by atoms with E-state index in [4.69, 9.17) is 16.3 Å². The lowest BCUT2D eigenvalue weighted by molar-refractivity contribution is 0.0560. The van der Waals surface area contributed by atoms with E-state index in [1.807, 2.05) is 60.7 Å². The van der Waals surface area contributed by atoms with Crippen LogP contribution in [0.3, 0.4) is 0 Å². The van der Waals surface area contributed by atoms with E-state index in [0.29, 0.717) is 32.5 Å². The number of carbonyl (C=O) groups is 2. The van der Waals surface area contributed by atoms with E-state index in [1.165, 1.54) is 0 Å². The lowest BCUT2D eigenvalue weighted by Gasteiger charge is -2.28. The molecule has 0 radical (unpaired) electrons. The Balaban J connectivity index is 0.000000221. The van der Waals surface area contributed by atoms with E-state index in [-0.39, 0.29) is 18.8 Å². The maximum Gasteiger partial charge on any atom is 0.410 e. The van der Waals surface area contributed by atoms with Gasteiger partial charge in [0, 0.05) is 24.7 Å². The zero-order valence-corrected chi connectivity index (χ0v) is 16.3. The third-order valence-corrected chi connectivity index (χ3v) is 4.23. The summed E-state index contributed by atoms with van der Waals surface area (Å²) in [6, 6.07) is 19.0. The fourth-order valence-electron chi connectivity index (χ4n) is 2.57. The molecular weight excluding hydrogens is 382 g/mol. The van der Waals surface area contributed by atoms with Crippen molar-refractivity contribution in [2.24, 2.45) is 0 Å². The number of halogens is 1. The molecule has 2 aromatic rings. The molecule has 0 aliphatic carbocycles. The lowest BCUT2D eigenvalue weighted by Crippen LogP contribution is -2.40. The van der Waals surface area contributed by atoms with Gasteiger partial charge in [-0.15, -0.1) is 0 Å². The molecule has 0 unspecified atom stereocenters. The van der Waals surface area contributed by atoms with Gasteiger partial charge in [-0.3, -0.25) is 0 Å². The van der Waals surface area contributed by atoms with E-state index >= 15 is 0 Å². The summed E-state index contributed by atoms with van der Waals surface area (Å²) in [6.45, 7) is 1.70. The molecule has 1 heterocycles. The third kappa shape index (κ3) is 8.41. The number of ether oxygens (including phenoxy) is 2. The minimum Gasteiger partial charge on any atom is -0.449 e. The van der Waals surface area contributed by atoms with Crippen molar-refractivity contribution < 1.29 is 24.2 Å². The van der Waals surface area contributed by atoms with Crippen LogP contribution in [0.25, 0.3) is 0 Å². The number of rotatable bonds is 4. The van der Waals surface area contributed by atoms with Crippen LogP contribution in [0.15, 0.2) is 60.7 Å². The minimum atomic E-state index is -0.770. The van der Waals surface area contributed by atoms with Gasteiger partial charge in [0.1, 0.15) is 13.2 Å². The Morgan fingerprint density at radius 2 is 1.36 bits per heavy atom. The first-order valence-corrected chi connectivity index (χ1v) is 9.42. The first kappa shape index (κ1) is 21.7. The SMILES string of the molecule is O=C(Cl)OCc1ccccc1.O=C(OCc1ccccc1)N1CCC(O)CC1. The standard InChI is InChI=1S/C13H17NO3.C8H7ClO2/c15-12-6-8-14(9-7-12)13(16)17-10-11-4-2-1-3-5-11;9-8(10)11-6-7-4-2-1-3-5-7/h1-5,12,15H,6-10H2;1-5H,6H2. The maximum absolute atomic E-state index is 11.7. The molecule has 0 atom stereocenters. The highest BCUT2D eigenvalue weighted by Crippen LogP contribution is 2.12. The van der Waals surface area contributed by atoms with Crippen molar-refractivity contribution in [3.8, 4) is 0 Å². The molecule has 1 amide bonds. The number of aliphatic hydroxyl groups excluding tert-OH is 1. The van der Waals surface area contributed by atoms with Gasteiger partial charge in [-0.25, -0.2) is 9.59 Å². The van der Waals surface area contributed by atoms with Gasteiger partial charge in [0.2, 0.25) is 0 Å². The Hall–Kier alpha value is -2.57. The van der Waals surface area contributed by atoms with Gasteiger partial charge >= 0.3 is 11.5 Å². The van der Waals surface area contributed by atoms with Gasteiger partial charge in [0.25, 0.3) is 0 Å². The Labute approximate surface area is 169 Å². The van der Waals surface area contributed by atoms with Crippen LogP contribution in [-0.4, -0.2) is 40.7 Å². The number of hydrogen-bond acceptors (Lipinski definition) is 5. The summed E-state index contributed by atoms with van der Waals surface area (Å²) in [5.74, 6) is 0. The molecule has 150 valence electrons. The highest BCUT2D eigenvalue weighted by Gasteiger charge is 2.22. The number of amides is 1. The second kappa shape index (κ2) is 12.0. The Morgan fingerprint density at radius 1 is 0.893 bits per heavy atom. The van der Waals surface area contributed by atoms with Crippen molar-refractivity contribution in [3.63, 3.8) is 0 Å². The van der Waals surface area contributed by atoms with Gasteiger partial charge in [0.15, 0.2) is 0 Å². The van der Waals surface area contributed by atoms with E-state index in [0.717, 1.165) is 11.1 Å². The van der Waals surface area contributed by atoms with Gasteiger partial charge in [-0.2, -0.15) is 0 Å². The van der Waals surface area contributed by atoms with Crippen LogP contribution in [0.5, 0.6) is 0 Å². The summed E-state index contributed by atoms with van der Waals surface area (Å²) in [7, 11) is 0. The quantitative estimate of drug-likeness (QED) is 0.765. The summed E-state index contributed by atoms with van der Waals surface area (Å²) in [6.07, 6.45) is 0.717. The Kier molecular flexibility index (Phi) is 9.31. The van der Waals surface area contributed by atoms with Crippen molar-refractivity contribution in [3.05, 3.63) is 71.8 Å². The fourth-order valence-corrected chi connectivity index (χ4v) is 2.63. The number of nitrogens with zero attached hydrogens (tertiary/aromatic N) is 1. The molecule has 3 rings (SSSR count). The predicted octanol–water partition coefficient (Wildman–Crippen LogP) is 4.34. The number of likely N-dealkylation sites (tertiary alicyclic amines) is 1. The highest BCUT2D eigenvalue weighted by atomic mass is 35.5. The van der Waals surface area contributed by atoms with Gasteiger partial charge in [-0.1, -0.05) is 60.7 Å². The number of aliphatic hydroxyl groups is 1. The van der Waals surface area contributed by atoms with Crippen molar-refractivity contribution >= 4 is 23.1 Å². The van der Waals surface area contributed by atoms with Crippen LogP contribution in [0.1, 0.15) is 24.0 Å². The van der Waals surface area contributed by atoms with Gasteiger partial charge < -0.3 is 19.5 Å². The smallest absolute Gasteiger partial charge is 0.410 e. The number of piperidine rings is 1. The molecular formula is C21H24ClNO5. The second-order valence-corrected chi connectivity index (χ2v) is 6.58. The summed E-state index contributed by atoms with van der Waals surface area (Å²) in [5.41, 5.74) is 1.15. The van der Waals surface area contributed by atoms with Crippen LogP contribution in [0.4, 0.5) is 9.59 Å². The Morgan fingerprint density at radius 3 is 1.82 bits per heavy atom. The Bertz CT molecular complexity index is 718. The number of carbonyl (C=O) groups excluding carboxylic acids is 2. The molecule has 1 aliphatic heterocycles. The van der Waals surface area contributed by atoms with E-state index in [2.05, 4.69) is 4.74 Å². The molecule has 6 nitrogen and oxygen atoms in total. The van der Waals surface area contributed by atoms with Crippen LogP contribution in [-0.2, 0) is 22.7 Å². The minimum absolute atomic E-state index is 0.239. The van der Waals surface area contributed by atoms with Gasteiger partial charge in [-0.05, 0) is 24.0 Å². The summed E-state index contributed by atoms with van der Waals surface area (Å²) in [4.78, 5) is 23.5. The molecule has 0 saturated carbocycles. The molecule has 0 bridgehead atoms. The highest BCUT2D eigenvalue weighted by molar-refractivity contribution is 6.61. The molecule has 1 N–H and O–H groups in total. The van der Waals surface area contributed by atoms with Gasteiger partial charge in [0.05, 0.1) is 6.10 Å². The topological polar surface area (TPSA) is 76.1 Å². The van der Waals surface area contributed by atoms with Crippen LogP contribution in [0, 0.1) is 0 Å². The average molecular weight is 406 g/mol. The zero-order chi connectivity index (χ0) is 20.2. The van der Waals surface area contributed by atoms with Crippen LogP contribution >= 0.6 is 11.6 Å². The molecule has 7 heteroatoms.